The van der Waals surface area contributed by atoms with Crippen LogP contribution in [0.2, 0.25) is 0 Å². The van der Waals surface area contributed by atoms with Crippen molar-refractivity contribution in [1.82, 2.24) is 0 Å². The number of aliphatic hydroxyl groups is 1. The van der Waals surface area contributed by atoms with Crippen molar-refractivity contribution < 1.29 is 9.84 Å². The Hall–Kier alpha value is -0.860. The van der Waals surface area contributed by atoms with Gasteiger partial charge in [-0.2, -0.15) is 0 Å². The SMILES string of the molecule is CCCc1ccc(C(O)C(CCC)OCC)cc1. The normalized spacial score (nSPS) is 14.4. The topological polar surface area (TPSA) is 29.5 Å². The number of aliphatic hydroxyl groups excluding tert-OH is 1. The molecule has 0 bridgehead atoms. The second-order valence-electron chi connectivity index (χ2n) is 4.72. The van der Waals surface area contributed by atoms with E-state index in [0.29, 0.717) is 6.61 Å². The highest BCUT2D eigenvalue weighted by Gasteiger charge is 2.20. The van der Waals surface area contributed by atoms with Crippen LogP contribution in [0.3, 0.4) is 0 Å². The minimum atomic E-state index is -0.513. The van der Waals surface area contributed by atoms with Gasteiger partial charge in [0.1, 0.15) is 6.10 Å². The quantitative estimate of drug-likeness (QED) is 0.758. The zero-order valence-corrected chi connectivity index (χ0v) is 11.9. The fourth-order valence-corrected chi connectivity index (χ4v) is 2.22. The van der Waals surface area contributed by atoms with Crippen molar-refractivity contribution in [1.29, 1.82) is 0 Å². The molecular weight excluding hydrogens is 224 g/mol. The molecule has 0 aliphatic carbocycles. The monoisotopic (exact) mass is 250 g/mol. The Labute approximate surface area is 111 Å². The van der Waals surface area contributed by atoms with E-state index in [4.69, 9.17) is 4.74 Å². The van der Waals surface area contributed by atoms with Crippen molar-refractivity contribution in [2.75, 3.05) is 6.61 Å². The van der Waals surface area contributed by atoms with Gasteiger partial charge in [-0.1, -0.05) is 51.0 Å². The van der Waals surface area contributed by atoms with Gasteiger partial charge in [-0.25, -0.2) is 0 Å². The predicted octanol–water partition coefficient (Wildman–Crippen LogP) is 3.88. The number of aryl methyl sites for hydroxylation is 1. The first-order valence-electron chi connectivity index (χ1n) is 7.11. The fourth-order valence-electron chi connectivity index (χ4n) is 2.22. The minimum Gasteiger partial charge on any atom is -0.386 e. The summed E-state index contributed by atoms with van der Waals surface area (Å²) in [6.07, 6.45) is 3.57. The summed E-state index contributed by atoms with van der Waals surface area (Å²) in [6, 6.07) is 8.27. The number of benzene rings is 1. The van der Waals surface area contributed by atoms with Gasteiger partial charge in [0, 0.05) is 6.61 Å². The molecule has 2 atom stereocenters. The zero-order chi connectivity index (χ0) is 13.4. The first-order chi connectivity index (χ1) is 8.72. The molecule has 2 unspecified atom stereocenters. The maximum atomic E-state index is 10.3. The van der Waals surface area contributed by atoms with E-state index in [0.717, 1.165) is 31.2 Å². The van der Waals surface area contributed by atoms with Gasteiger partial charge in [0.25, 0.3) is 0 Å². The van der Waals surface area contributed by atoms with Gasteiger partial charge in [0.15, 0.2) is 0 Å². The Morgan fingerprint density at radius 1 is 1.06 bits per heavy atom. The summed E-state index contributed by atoms with van der Waals surface area (Å²) in [7, 11) is 0. The van der Waals surface area contributed by atoms with Crippen molar-refractivity contribution in [3.8, 4) is 0 Å². The highest BCUT2D eigenvalue weighted by atomic mass is 16.5. The number of ether oxygens (including phenoxy) is 1. The summed E-state index contributed by atoms with van der Waals surface area (Å²) >= 11 is 0. The second-order valence-corrected chi connectivity index (χ2v) is 4.72. The smallest absolute Gasteiger partial charge is 0.105 e. The summed E-state index contributed by atoms with van der Waals surface area (Å²) in [5.74, 6) is 0. The van der Waals surface area contributed by atoms with E-state index in [1.807, 2.05) is 19.1 Å². The van der Waals surface area contributed by atoms with Crippen molar-refractivity contribution in [3.05, 3.63) is 35.4 Å². The summed E-state index contributed by atoms with van der Waals surface area (Å²) < 4.78 is 5.63. The molecule has 102 valence electrons. The largest absolute Gasteiger partial charge is 0.386 e. The molecule has 1 aromatic carbocycles. The molecule has 1 N–H and O–H groups in total. The predicted molar refractivity (Wildman–Crippen MR) is 75.7 cm³/mol. The van der Waals surface area contributed by atoms with E-state index in [1.165, 1.54) is 5.56 Å². The molecule has 0 amide bonds. The average Bonchev–Trinajstić information content (AvgIpc) is 2.39. The van der Waals surface area contributed by atoms with Crippen molar-refractivity contribution in [2.24, 2.45) is 0 Å². The van der Waals surface area contributed by atoms with Gasteiger partial charge in [-0.3, -0.25) is 0 Å². The van der Waals surface area contributed by atoms with Crippen molar-refractivity contribution in [2.45, 2.75) is 58.7 Å². The summed E-state index contributed by atoms with van der Waals surface area (Å²) in [5, 5.41) is 10.3. The molecule has 1 rings (SSSR count). The lowest BCUT2D eigenvalue weighted by Gasteiger charge is -2.23. The van der Waals surface area contributed by atoms with E-state index in [9.17, 15) is 5.11 Å². The molecule has 0 saturated heterocycles. The molecule has 2 heteroatoms. The Balaban J connectivity index is 2.70. The lowest BCUT2D eigenvalue weighted by molar-refractivity contribution is -0.0384. The Bertz CT molecular complexity index is 312. The van der Waals surface area contributed by atoms with Gasteiger partial charge in [-0.15, -0.1) is 0 Å². The van der Waals surface area contributed by atoms with Crippen LogP contribution >= 0.6 is 0 Å². The van der Waals surface area contributed by atoms with Crippen LogP contribution in [0, 0.1) is 0 Å². The number of hydrogen-bond acceptors (Lipinski definition) is 2. The van der Waals surface area contributed by atoms with Gasteiger partial charge in [0.05, 0.1) is 6.10 Å². The first kappa shape index (κ1) is 15.2. The van der Waals surface area contributed by atoms with Gasteiger partial charge < -0.3 is 9.84 Å². The Kier molecular flexibility index (Phi) is 6.99. The molecule has 0 saturated carbocycles. The fraction of sp³-hybridized carbons (Fsp3) is 0.625. The first-order valence-corrected chi connectivity index (χ1v) is 7.11. The van der Waals surface area contributed by atoms with Crippen LogP contribution < -0.4 is 0 Å². The molecule has 0 spiro atoms. The highest BCUT2D eigenvalue weighted by Crippen LogP contribution is 2.23. The van der Waals surface area contributed by atoms with E-state index in [1.54, 1.807) is 0 Å². The van der Waals surface area contributed by atoms with Crippen LogP contribution in [0.25, 0.3) is 0 Å². The van der Waals surface area contributed by atoms with Gasteiger partial charge in [0.2, 0.25) is 0 Å². The van der Waals surface area contributed by atoms with E-state index < -0.39 is 6.10 Å². The van der Waals surface area contributed by atoms with Gasteiger partial charge >= 0.3 is 0 Å². The van der Waals surface area contributed by atoms with E-state index >= 15 is 0 Å². The molecule has 0 aliphatic heterocycles. The van der Waals surface area contributed by atoms with Crippen LogP contribution in [-0.2, 0) is 11.2 Å². The lowest BCUT2D eigenvalue weighted by atomic mass is 9.99. The molecular formula is C16H26O2. The van der Waals surface area contributed by atoms with E-state index in [2.05, 4.69) is 26.0 Å². The van der Waals surface area contributed by atoms with Crippen LogP contribution in [-0.4, -0.2) is 17.8 Å². The highest BCUT2D eigenvalue weighted by molar-refractivity contribution is 5.24. The second kappa shape index (κ2) is 8.28. The summed E-state index contributed by atoms with van der Waals surface area (Å²) in [4.78, 5) is 0. The molecule has 0 heterocycles. The van der Waals surface area contributed by atoms with Crippen LogP contribution in [0.1, 0.15) is 57.3 Å². The molecule has 0 aromatic heterocycles. The average molecular weight is 250 g/mol. The van der Waals surface area contributed by atoms with Crippen molar-refractivity contribution in [3.63, 3.8) is 0 Å². The minimum absolute atomic E-state index is 0.0861. The number of rotatable bonds is 8. The third kappa shape index (κ3) is 4.43. The lowest BCUT2D eigenvalue weighted by Crippen LogP contribution is -2.22. The maximum Gasteiger partial charge on any atom is 0.105 e. The number of hydrogen-bond donors (Lipinski definition) is 1. The zero-order valence-electron chi connectivity index (χ0n) is 11.9. The van der Waals surface area contributed by atoms with Crippen molar-refractivity contribution >= 4 is 0 Å². The standard InChI is InChI=1S/C16H26O2/c1-4-7-13-9-11-14(12-10-13)16(17)15(8-5-2)18-6-3/h9-12,15-17H,4-8H2,1-3H3. The van der Waals surface area contributed by atoms with Gasteiger partial charge in [-0.05, 0) is 30.9 Å². The third-order valence-corrected chi connectivity index (χ3v) is 3.17. The molecule has 0 radical (unpaired) electrons. The van der Waals surface area contributed by atoms with E-state index in [-0.39, 0.29) is 6.10 Å². The molecule has 18 heavy (non-hydrogen) atoms. The Morgan fingerprint density at radius 2 is 1.72 bits per heavy atom. The summed E-state index contributed by atoms with van der Waals surface area (Å²) in [6.45, 7) is 6.91. The summed E-state index contributed by atoms with van der Waals surface area (Å²) in [5.41, 5.74) is 2.29. The molecule has 0 fully saturated rings. The molecule has 1 aromatic rings. The molecule has 2 nitrogen and oxygen atoms in total. The Morgan fingerprint density at radius 3 is 2.22 bits per heavy atom. The van der Waals surface area contributed by atoms with Crippen LogP contribution in [0.15, 0.2) is 24.3 Å². The maximum absolute atomic E-state index is 10.3. The molecule has 0 aliphatic rings. The van der Waals surface area contributed by atoms with Crippen LogP contribution in [0.5, 0.6) is 0 Å². The third-order valence-electron chi connectivity index (χ3n) is 3.17. The van der Waals surface area contributed by atoms with Crippen LogP contribution in [0.4, 0.5) is 0 Å².